The van der Waals surface area contributed by atoms with E-state index < -0.39 is 0 Å². The molecule has 1 heterocycles. The molecule has 0 saturated heterocycles. The van der Waals surface area contributed by atoms with Gasteiger partial charge in [0.05, 0.1) is 11.0 Å². The van der Waals surface area contributed by atoms with Crippen LogP contribution in [0.5, 0.6) is 0 Å². The SMILES string of the molecule is NCCNC(=O)c1nc2ccccc2nc1Sc1ccc(Br)cc1. The topological polar surface area (TPSA) is 80.9 Å². The predicted octanol–water partition coefficient (Wildman–Crippen LogP) is 3.23. The molecule has 0 aliphatic carbocycles. The number of carbonyl (C=O) groups excluding carboxylic acids is 1. The van der Waals surface area contributed by atoms with E-state index in [-0.39, 0.29) is 5.91 Å². The van der Waals surface area contributed by atoms with Crippen molar-refractivity contribution in [3.05, 3.63) is 58.7 Å². The van der Waals surface area contributed by atoms with Crippen LogP contribution in [-0.4, -0.2) is 29.0 Å². The summed E-state index contributed by atoms with van der Waals surface area (Å²) in [5.41, 5.74) is 7.22. The van der Waals surface area contributed by atoms with E-state index in [2.05, 4.69) is 31.2 Å². The Labute approximate surface area is 152 Å². The minimum Gasteiger partial charge on any atom is -0.349 e. The van der Waals surface area contributed by atoms with Gasteiger partial charge in [-0.1, -0.05) is 39.8 Å². The van der Waals surface area contributed by atoms with E-state index >= 15 is 0 Å². The van der Waals surface area contributed by atoms with Gasteiger partial charge in [0.1, 0.15) is 5.03 Å². The van der Waals surface area contributed by atoms with Crippen molar-refractivity contribution in [2.45, 2.75) is 9.92 Å². The maximum atomic E-state index is 12.4. The lowest BCUT2D eigenvalue weighted by Gasteiger charge is -2.10. The maximum absolute atomic E-state index is 12.4. The molecule has 0 atom stereocenters. The van der Waals surface area contributed by atoms with Crippen molar-refractivity contribution in [2.24, 2.45) is 5.73 Å². The first-order chi connectivity index (χ1) is 11.7. The lowest BCUT2D eigenvalue weighted by Crippen LogP contribution is -2.30. The van der Waals surface area contributed by atoms with Crippen molar-refractivity contribution < 1.29 is 4.79 Å². The van der Waals surface area contributed by atoms with E-state index in [4.69, 9.17) is 5.73 Å². The van der Waals surface area contributed by atoms with Gasteiger partial charge in [-0.25, -0.2) is 9.97 Å². The first kappa shape index (κ1) is 16.9. The molecule has 1 aromatic heterocycles. The van der Waals surface area contributed by atoms with E-state index in [1.807, 2.05) is 48.5 Å². The average molecular weight is 403 g/mol. The van der Waals surface area contributed by atoms with Gasteiger partial charge in [0.25, 0.3) is 5.91 Å². The van der Waals surface area contributed by atoms with E-state index in [1.165, 1.54) is 11.8 Å². The number of nitrogens with one attached hydrogen (secondary N) is 1. The molecule has 0 bridgehead atoms. The number of halogens is 1. The second kappa shape index (κ2) is 7.74. The quantitative estimate of drug-likeness (QED) is 0.684. The molecule has 0 radical (unpaired) electrons. The Morgan fingerprint density at radius 2 is 1.75 bits per heavy atom. The number of aromatic nitrogens is 2. The largest absolute Gasteiger partial charge is 0.349 e. The van der Waals surface area contributed by atoms with Gasteiger partial charge in [-0.2, -0.15) is 0 Å². The highest BCUT2D eigenvalue weighted by atomic mass is 79.9. The molecule has 0 aliphatic heterocycles. The number of benzene rings is 2. The van der Waals surface area contributed by atoms with Gasteiger partial charge < -0.3 is 11.1 Å². The zero-order valence-corrected chi connectivity index (χ0v) is 15.1. The van der Waals surface area contributed by atoms with Gasteiger partial charge in [-0.15, -0.1) is 0 Å². The van der Waals surface area contributed by atoms with E-state index in [1.54, 1.807) is 0 Å². The highest BCUT2D eigenvalue weighted by molar-refractivity contribution is 9.10. The number of para-hydroxylation sites is 2. The Morgan fingerprint density at radius 3 is 2.42 bits per heavy atom. The molecule has 122 valence electrons. The van der Waals surface area contributed by atoms with Crippen LogP contribution < -0.4 is 11.1 Å². The van der Waals surface area contributed by atoms with Crippen LogP contribution in [0.25, 0.3) is 11.0 Å². The fourth-order valence-electron chi connectivity index (χ4n) is 2.09. The molecule has 0 unspecified atom stereocenters. The summed E-state index contributed by atoms with van der Waals surface area (Å²) in [5, 5.41) is 3.34. The fraction of sp³-hybridized carbons (Fsp3) is 0.118. The van der Waals surface area contributed by atoms with Crippen LogP contribution in [0.2, 0.25) is 0 Å². The van der Waals surface area contributed by atoms with E-state index in [0.717, 1.165) is 14.9 Å². The number of carbonyl (C=O) groups is 1. The van der Waals surface area contributed by atoms with Crippen molar-refractivity contribution in [2.75, 3.05) is 13.1 Å². The molecule has 24 heavy (non-hydrogen) atoms. The first-order valence-electron chi connectivity index (χ1n) is 7.36. The minimum absolute atomic E-state index is 0.265. The molecular weight excluding hydrogens is 388 g/mol. The Balaban J connectivity index is 2.02. The van der Waals surface area contributed by atoms with Crippen molar-refractivity contribution in [1.29, 1.82) is 0 Å². The summed E-state index contributed by atoms with van der Waals surface area (Å²) in [6.45, 7) is 0.775. The number of amides is 1. The summed E-state index contributed by atoms with van der Waals surface area (Å²) in [4.78, 5) is 22.5. The molecule has 3 N–H and O–H groups in total. The van der Waals surface area contributed by atoms with Gasteiger partial charge >= 0.3 is 0 Å². The Hall–Kier alpha value is -1.96. The second-order valence-electron chi connectivity index (χ2n) is 4.97. The third-order valence-corrected chi connectivity index (χ3v) is 4.73. The van der Waals surface area contributed by atoms with Crippen molar-refractivity contribution >= 4 is 44.6 Å². The Kier molecular flexibility index (Phi) is 5.44. The molecule has 3 rings (SSSR count). The third-order valence-electron chi connectivity index (χ3n) is 3.21. The van der Waals surface area contributed by atoms with Crippen molar-refractivity contribution in [3.8, 4) is 0 Å². The molecule has 0 saturated carbocycles. The van der Waals surface area contributed by atoms with Crippen LogP contribution in [-0.2, 0) is 0 Å². The van der Waals surface area contributed by atoms with Crippen LogP contribution >= 0.6 is 27.7 Å². The number of hydrogen-bond acceptors (Lipinski definition) is 5. The summed E-state index contributed by atoms with van der Waals surface area (Å²) < 4.78 is 0.998. The highest BCUT2D eigenvalue weighted by Gasteiger charge is 2.17. The Bertz CT molecular complexity index is 870. The molecule has 3 aromatic rings. The molecule has 2 aromatic carbocycles. The normalized spacial score (nSPS) is 10.8. The molecule has 0 aliphatic rings. The van der Waals surface area contributed by atoms with Gasteiger partial charge in [0.2, 0.25) is 0 Å². The first-order valence-corrected chi connectivity index (χ1v) is 8.97. The Morgan fingerprint density at radius 1 is 1.08 bits per heavy atom. The summed E-state index contributed by atoms with van der Waals surface area (Å²) in [6.07, 6.45) is 0. The third kappa shape index (κ3) is 3.92. The summed E-state index contributed by atoms with van der Waals surface area (Å²) >= 11 is 4.83. The summed E-state index contributed by atoms with van der Waals surface area (Å²) in [5.74, 6) is -0.265. The number of hydrogen-bond donors (Lipinski definition) is 2. The number of rotatable bonds is 5. The number of nitrogens with two attached hydrogens (primary N) is 1. The number of fused-ring (bicyclic) bond motifs is 1. The van der Waals surface area contributed by atoms with Crippen LogP contribution in [0, 0.1) is 0 Å². The summed E-state index contributed by atoms with van der Waals surface area (Å²) in [6, 6.07) is 15.3. The molecule has 7 heteroatoms. The molecule has 1 amide bonds. The monoisotopic (exact) mass is 402 g/mol. The molecule has 0 spiro atoms. The van der Waals surface area contributed by atoms with Gasteiger partial charge in [-0.05, 0) is 36.4 Å². The van der Waals surface area contributed by atoms with Crippen molar-refractivity contribution in [3.63, 3.8) is 0 Å². The van der Waals surface area contributed by atoms with Crippen LogP contribution in [0.4, 0.5) is 0 Å². The maximum Gasteiger partial charge on any atom is 0.272 e. The lowest BCUT2D eigenvalue weighted by molar-refractivity contribution is 0.0946. The van der Waals surface area contributed by atoms with E-state index in [9.17, 15) is 4.79 Å². The zero-order chi connectivity index (χ0) is 16.9. The predicted molar refractivity (Wildman–Crippen MR) is 99.2 cm³/mol. The summed E-state index contributed by atoms with van der Waals surface area (Å²) in [7, 11) is 0. The van der Waals surface area contributed by atoms with Gasteiger partial charge in [0, 0.05) is 22.5 Å². The van der Waals surface area contributed by atoms with Gasteiger partial charge in [0.15, 0.2) is 5.69 Å². The van der Waals surface area contributed by atoms with Gasteiger partial charge in [-0.3, -0.25) is 4.79 Å². The van der Waals surface area contributed by atoms with Crippen LogP contribution in [0.15, 0.2) is 62.9 Å². The lowest BCUT2D eigenvalue weighted by atomic mass is 10.3. The van der Waals surface area contributed by atoms with Crippen LogP contribution in [0.3, 0.4) is 0 Å². The molecule has 0 fully saturated rings. The minimum atomic E-state index is -0.265. The smallest absolute Gasteiger partial charge is 0.272 e. The van der Waals surface area contributed by atoms with Crippen molar-refractivity contribution in [1.82, 2.24) is 15.3 Å². The van der Waals surface area contributed by atoms with Crippen LogP contribution in [0.1, 0.15) is 10.5 Å². The zero-order valence-electron chi connectivity index (χ0n) is 12.7. The highest BCUT2D eigenvalue weighted by Crippen LogP contribution is 2.30. The standard InChI is InChI=1S/C17H15BrN4OS/c18-11-5-7-12(8-6-11)24-17-15(16(23)20-10-9-19)21-13-3-1-2-4-14(13)22-17/h1-8H,9-10,19H2,(H,20,23). The molecular formula is C17H15BrN4OS. The fourth-order valence-corrected chi connectivity index (χ4v) is 3.23. The molecule has 5 nitrogen and oxygen atoms in total. The van der Waals surface area contributed by atoms with E-state index in [0.29, 0.717) is 29.3 Å². The number of nitrogens with zero attached hydrogens (tertiary/aromatic N) is 2. The average Bonchev–Trinajstić information content (AvgIpc) is 2.61. The second-order valence-corrected chi connectivity index (χ2v) is 6.94.